The molecule has 5 aliphatic rings. The van der Waals surface area contributed by atoms with Crippen LogP contribution in [-0.4, -0.2) is 78.3 Å². The Morgan fingerprint density at radius 3 is 2.23 bits per heavy atom. The first-order chi connectivity index (χ1) is 29.3. The lowest BCUT2D eigenvalue weighted by atomic mass is 10.1. The number of nitrogens with zero attached hydrogens (tertiary/aromatic N) is 2. The Kier molecular flexibility index (Phi) is 12.5. The van der Waals surface area contributed by atoms with Gasteiger partial charge in [0.25, 0.3) is 16.1 Å². The van der Waals surface area contributed by atoms with Crippen LogP contribution < -0.4 is 30.5 Å². The molecule has 3 aromatic carbocycles. The van der Waals surface area contributed by atoms with Crippen LogP contribution in [0.1, 0.15) is 81.8 Å². The molecule has 0 bridgehead atoms. The molecule has 0 aromatic heterocycles. The van der Waals surface area contributed by atoms with E-state index in [1.54, 1.807) is 72.8 Å². The van der Waals surface area contributed by atoms with E-state index in [-0.39, 0.29) is 44.9 Å². The van der Waals surface area contributed by atoms with Gasteiger partial charge in [0.15, 0.2) is 0 Å². The molecule has 3 heterocycles. The molecular weight excluding hydrogens is 823 g/mol. The van der Waals surface area contributed by atoms with Crippen LogP contribution in [0.25, 0.3) is 0 Å². The summed E-state index contributed by atoms with van der Waals surface area (Å²) in [6.07, 6.45) is 8.03. The second-order valence-corrected chi connectivity index (χ2v) is 20.8. The first-order valence-corrected chi connectivity index (χ1v) is 24.4. The average Bonchev–Trinajstić information content (AvgIpc) is 3.67. The van der Waals surface area contributed by atoms with Gasteiger partial charge in [0, 0.05) is 41.1 Å². The summed E-state index contributed by atoms with van der Waals surface area (Å²) in [4.78, 5) is 60.2. The molecule has 324 valence electrons. The third-order valence-corrected chi connectivity index (χ3v) is 16.4. The van der Waals surface area contributed by atoms with E-state index in [0.29, 0.717) is 53.8 Å². The highest BCUT2D eigenvalue weighted by molar-refractivity contribution is 7.87. The van der Waals surface area contributed by atoms with Crippen molar-refractivity contribution >= 4 is 51.9 Å². The number of nitrogens with one attached hydrogen (secondary N) is 4. The molecule has 17 heteroatoms. The normalized spacial score (nSPS) is 26.6. The van der Waals surface area contributed by atoms with Gasteiger partial charge in [-0.05, 0) is 74.4 Å². The molecule has 1 unspecified atom stereocenters. The molecule has 14 nitrogen and oxygen atoms in total. The maximum Gasteiger partial charge on any atom is 0.410 e. The number of ether oxygens (including phenoxy) is 1. The summed E-state index contributed by atoms with van der Waals surface area (Å²) in [5.74, 6) is -2.92. The third-order valence-electron chi connectivity index (χ3n) is 12.6. The number of carbonyl (C=O) groups excluding carboxylic acids is 4. The second kappa shape index (κ2) is 17.8. The zero-order valence-electron chi connectivity index (χ0n) is 33.8. The molecule has 3 fully saturated rings. The molecule has 3 aliphatic heterocycles. The summed E-state index contributed by atoms with van der Waals surface area (Å²) in [5, 5.41) is 6.61. The zero-order valence-corrected chi connectivity index (χ0v) is 35.6. The Morgan fingerprint density at radius 1 is 0.852 bits per heavy atom. The highest BCUT2D eigenvalue weighted by Gasteiger charge is 2.62. The fourth-order valence-corrected chi connectivity index (χ4v) is 12.7. The second-order valence-electron chi connectivity index (χ2n) is 16.8. The van der Waals surface area contributed by atoms with Crippen molar-refractivity contribution in [2.75, 3.05) is 6.54 Å². The number of allylic oxidation sites excluding steroid dienone is 1. The number of benzene rings is 3. The van der Waals surface area contributed by atoms with Crippen molar-refractivity contribution in [3.63, 3.8) is 0 Å². The minimum atomic E-state index is -4.15. The lowest BCUT2D eigenvalue weighted by Crippen LogP contribution is -2.58. The summed E-state index contributed by atoms with van der Waals surface area (Å²) < 4.78 is 67.7. The van der Waals surface area contributed by atoms with Gasteiger partial charge < -0.3 is 15.0 Å². The van der Waals surface area contributed by atoms with Crippen LogP contribution in [0.2, 0.25) is 0 Å². The summed E-state index contributed by atoms with van der Waals surface area (Å²) in [6, 6.07) is 19.1. The van der Waals surface area contributed by atoms with E-state index in [2.05, 4.69) is 19.8 Å². The van der Waals surface area contributed by atoms with Crippen molar-refractivity contribution in [2.45, 2.75) is 113 Å². The fraction of sp³-hybridized carbons (Fsp3) is 0.455. The minimum absolute atomic E-state index is 0.0136. The molecule has 0 spiro atoms. The van der Waals surface area contributed by atoms with E-state index >= 15 is 0 Å². The minimum Gasteiger partial charge on any atom is -0.444 e. The van der Waals surface area contributed by atoms with Crippen molar-refractivity contribution in [3.8, 4) is 0 Å². The van der Waals surface area contributed by atoms with Gasteiger partial charge in [-0.1, -0.05) is 86.4 Å². The largest absolute Gasteiger partial charge is 0.444 e. The predicted molar refractivity (Wildman–Crippen MR) is 226 cm³/mol. The Hall–Kier alpha value is -4.89. The Morgan fingerprint density at radius 2 is 1.54 bits per heavy atom. The molecule has 61 heavy (non-hydrogen) atoms. The summed E-state index contributed by atoms with van der Waals surface area (Å²) in [7, 11) is -7.94. The summed E-state index contributed by atoms with van der Waals surface area (Å²) in [6.45, 7) is -0.127. The lowest BCUT2D eigenvalue weighted by molar-refractivity contribution is -0.141. The highest BCUT2D eigenvalue weighted by Crippen LogP contribution is 2.49. The van der Waals surface area contributed by atoms with E-state index in [1.807, 2.05) is 12.2 Å². The molecule has 3 aromatic rings. The Labute approximate surface area is 355 Å². The topological polar surface area (TPSA) is 183 Å². The van der Waals surface area contributed by atoms with E-state index < -0.39 is 76.8 Å². The monoisotopic (exact) mass is 874 g/mol. The average molecular weight is 875 g/mol. The molecule has 4 amide bonds. The Balaban J connectivity index is 1.08. The number of fused-ring (bicyclic) bond motifs is 3. The van der Waals surface area contributed by atoms with Crippen molar-refractivity contribution in [2.24, 2.45) is 5.92 Å². The quantitative estimate of drug-likeness (QED) is 0.180. The molecule has 4 N–H and O–H groups in total. The molecule has 1 saturated heterocycles. The van der Waals surface area contributed by atoms with Gasteiger partial charge >= 0.3 is 6.09 Å². The van der Waals surface area contributed by atoms with Crippen LogP contribution in [0.15, 0.2) is 91.0 Å². The lowest BCUT2D eigenvalue weighted by Gasteiger charge is -2.30. The van der Waals surface area contributed by atoms with Crippen molar-refractivity contribution in [1.29, 1.82) is 0 Å². The van der Waals surface area contributed by atoms with Crippen molar-refractivity contribution < 1.29 is 41.3 Å². The Bertz CT molecular complexity index is 2290. The first-order valence-electron chi connectivity index (χ1n) is 21.2. The number of carbonyl (C=O) groups is 4. The molecular formula is C44H52FN6O8PS. The predicted octanol–water partition coefficient (Wildman–Crippen LogP) is 4.42. The van der Waals surface area contributed by atoms with Crippen LogP contribution in [-0.2, 0) is 47.0 Å². The van der Waals surface area contributed by atoms with E-state index in [9.17, 15) is 36.6 Å². The van der Waals surface area contributed by atoms with Crippen molar-refractivity contribution in [3.05, 3.63) is 108 Å². The van der Waals surface area contributed by atoms with Crippen LogP contribution in [0.4, 0.5) is 9.18 Å². The third kappa shape index (κ3) is 9.33. The summed E-state index contributed by atoms with van der Waals surface area (Å²) >= 11 is 0. The number of amides is 4. The van der Waals surface area contributed by atoms with E-state index in [4.69, 9.17) is 4.74 Å². The van der Waals surface area contributed by atoms with Crippen LogP contribution in [0.3, 0.4) is 0 Å². The maximum atomic E-state index is 15.0. The van der Waals surface area contributed by atoms with Gasteiger partial charge in [0.1, 0.15) is 29.5 Å². The van der Waals surface area contributed by atoms with Crippen LogP contribution >= 0.6 is 7.29 Å². The number of hydrogen-bond donors (Lipinski definition) is 4. The molecule has 2 aliphatic carbocycles. The van der Waals surface area contributed by atoms with Crippen molar-refractivity contribution in [1.82, 2.24) is 29.6 Å². The van der Waals surface area contributed by atoms with Gasteiger partial charge in [0.05, 0.1) is 13.1 Å². The van der Waals surface area contributed by atoms with E-state index in [0.717, 1.165) is 19.3 Å². The van der Waals surface area contributed by atoms with Gasteiger partial charge in [-0.15, -0.1) is 0 Å². The molecule has 5 atom stereocenters. The SMILES string of the molecule is O=C1N[C@]2(C(=O)NP(=O)(c3ccccc3)c3ccccc3)CC2/C=C\CCCCC[C@H](NS(=O)(=O)NC2CCCC2)C(=O)N2C[C@H](OC(=O)N3Cc4cccc(F)c4C3)C[C@@H]12. The van der Waals surface area contributed by atoms with Gasteiger partial charge in [-0.25, -0.2) is 9.18 Å². The van der Waals surface area contributed by atoms with Crippen LogP contribution in [0, 0.1) is 11.7 Å². The van der Waals surface area contributed by atoms with Gasteiger partial charge in [-0.2, -0.15) is 17.9 Å². The van der Waals surface area contributed by atoms with Crippen LogP contribution in [0.5, 0.6) is 0 Å². The van der Waals surface area contributed by atoms with E-state index in [1.165, 1.54) is 15.9 Å². The summed E-state index contributed by atoms with van der Waals surface area (Å²) in [5.41, 5.74) is -0.503. The molecule has 0 radical (unpaired) electrons. The zero-order chi connectivity index (χ0) is 42.8. The maximum absolute atomic E-state index is 15.0. The van der Waals surface area contributed by atoms with Gasteiger partial charge in [0.2, 0.25) is 19.1 Å². The molecule has 2 saturated carbocycles. The highest BCUT2D eigenvalue weighted by atomic mass is 32.2. The first kappa shape index (κ1) is 42.8. The van der Waals surface area contributed by atoms with Gasteiger partial charge in [-0.3, -0.25) is 28.9 Å². The number of rotatable bonds is 9. The molecule has 8 rings (SSSR count). The fourth-order valence-electron chi connectivity index (χ4n) is 9.15. The number of hydrogen-bond acceptors (Lipinski definition) is 8. The number of halogens is 1. The standard InChI is InChI=1S/C44H52FN6O8PS/c45-37-23-14-15-30-27-50(29-36(30)37)43(55)59-33-25-39-40(52)46-44(42(54)47-60(56,34-19-7-4-8-20-34)35-21-9-5-10-22-35)26-31(44)16-6-2-1-3-11-24-38(41(53)51(39)28-33)49-61(57,58)48-32-17-12-13-18-32/h4-10,14-16,19-23,31-33,38-39,48-49H,1-3,11-13,17-18,24-29H2,(H,46,52)(H,47,54,56)/b16-6-/t31?,33-,38+,39+,44-/m1/s1. The smallest absolute Gasteiger partial charge is 0.410 e.